The summed E-state index contributed by atoms with van der Waals surface area (Å²) in [4.78, 5) is 35.2. The Morgan fingerprint density at radius 2 is 1.25 bits per heavy atom. The molecule has 3 atom stereocenters. The molecule has 0 bridgehead atoms. The smallest absolute Gasteiger partial charge is 0.462 e. The summed E-state index contributed by atoms with van der Waals surface area (Å²) in [5, 5.41) is 10.00. The van der Waals surface area contributed by atoms with Gasteiger partial charge in [0.05, 0.1) is 33.9 Å². The summed E-state index contributed by atoms with van der Waals surface area (Å²) < 4.78 is 34.1. The number of hydrogen-bond donors (Lipinski definition) is 2. The number of likely N-dealkylation sites (N-methyl/N-ethyl adjacent to an activating group) is 1. The molecule has 0 aliphatic carbocycles. The maximum absolute atomic E-state index is 12.6. The number of carbonyl (C=O) groups is 2. The van der Waals surface area contributed by atoms with Crippen molar-refractivity contribution < 1.29 is 47.2 Å². The highest BCUT2D eigenvalue weighted by Gasteiger charge is 2.27. The van der Waals surface area contributed by atoms with Crippen LogP contribution in [0.15, 0.2) is 72.9 Å². The van der Waals surface area contributed by atoms with Crippen LogP contribution in [0.3, 0.4) is 0 Å². The fourth-order valence-corrected chi connectivity index (χ4v) is 5.81. The molecule has 0 aliphatic heterocycles. The zero-order valence-corrected chi connectivity index (χ0v) is 35.9. The molecule has 2 unspecified atom stereocenters. The molecule has 0 saturated carbocycles. The number of hydrogen-bond acceptors (Lipinski definition) is 8. The highest BCUT2D eigenvalue weighted by atomic mass is 31.2. The van der Waals surface area contributed by atoms with E-state index in [0.717, 1.165) is 44.9 Å². The monoisotopic (exact) mass is 795 g/mol. The van der Waals surface area contributed by atoms with Crippen molar-refractivity contribution in [1.82, 2.24) is 0 Å². The van der Waals surface area contributed by atoms with Crippen LogP contribution in [0.25, 0.3) is 0 Å². The minimum Gasteiger partial charge on any atom is -0.462 e. The maximum atomic E-state index is 12.6. The average Bonchev–Trinajstić information content (AvgIpc) is 3.13. The van der Waals surface area contributed by atoms with Gasteiger partial charge in [0.2, 0.25) is 0 Å². The molecule has 0 aromatic rings. The van der Waals surface area contributed by atoms with Gasteiger partial charge in [-0.2, -0.15) is 0 Å². The maximum Gasteiger partial charge on any atom is 0.472 e. The van der Waals surface area contributed by atoms with E-state index in [9.17, 15) is 24.2 Å². The van der Waals surface area contributed by atoms with Crippen molar-refractivity contribution in [1.29, 1.82) is 0 Å². The third-order valence-corrected chi connectivity index (χ3v) is 9.33. The van der Waals surface area contributed by atoms with Gasteiger partial charge >= 0.3 is 19.8 Å². The van der Waals surface area contributed by atoms with Crippen molar-refractivity contribution in [2.75, 3.05) is 47.5 Å². The normalized spacial score (nSPS) is 15.0. The largest absolute Gasteiger partial charge is 0.472 e. The summed E-state index contributed by atoms with van der Waals surface area (Å²) in [6.07, 6.45) is 40.0. The first-order valence-corrected chi connectivity index (χ1v) is 22.3. The number of phosphoric ester groups is 1. The lowest BCUT2D eigenvalue weighted by molar-refractivity contribution is -0.870. The van der Waals surface area contributed by atoms with Gasteiger partial charge in [-0.3, -0.25) is 18.6 Å². The summed E-state index contributed by atoms with van der Waals surface area (Å²) in [5.74, 6) is -0.933. The van der Waals surface area contributed by atoms with E-state index in [1.54, 1.807) is 6.08 Å². The molecule has 0 spiro atoms. The second kappa shape index (κ2) is 35.8. The van der Waals surface area contributed by atoms with Gasteiger partial charge in [0.25, 0.3) is 0 Å². The summed E-state index contributed by atoms with van der Waals surface area (Å²) >= 11 is 0. The van der Waals surface area contributed by atoms with Gasteiger partial charge in [-0.05, 0) is 44.9 Å². The van der Waals surface area contributed by atoms with Crippen LogP contribution in [0.2, 0.25) is 0 Å². The Kier molecular flexibility index (Phi) is 34.1. The zero-order valence-electron chi connectivity index (χ0n) is 35.0. The van der Waals surface area contributed by atoms with Crippen molar-refractivity contribution in [2.45, 2.75) is 148 Å². The molecule has 11 heteroatoms. The number of unbranched alkanes of at least 4 members (excludes halogenated alkanes) is 10. The second-order valence-corrected chi connectivity index (χ2v) is 16.3. The molecule has 0 amide bonds. The molecule has 55 heavy (non-hydrogen) atoms. The van der Waals surface area contributed by atoms with Gasteiger partial charge in [-0.25, -0.2) is 4.57 Å². The fourth-order valence-electron chi connectivity index (χ4n) is 5.06. The molecule has 0 aromatic heterocycles. The van der Waals surface area contributed by atoms with Gasteiger partial charge < -0.3 is 24.0 Å². The number of aliphatic hydroxyl groups excluding tert-OH is 1. The second-order valence-electron chi connectivity index (χ2n) is 14.8. The molecule has 2 N–H and O–H groups in total. The topological polar surface area (TPSA) is 129 Å². The number of esters is 2. The predicted molar refractivity (Wildman–Crippen MR) is 225 cm³/mol. The molecule has 0 aliphatic rings. The number of phosphoric acid groups is 1. The van der Waals surface area contributed by atoms with E-state index >= 15 is 0 Å². The van der Waals surface area contributed by atoms with E-state index in [1.165, 1.54) is 44.9 Å². The Hall–Kier alpha value is -2.59. The van der Waals surface area contributed by atoms with E-state index in [2.05, 4.69) is 32.1 Å². The molecular weight excluding hydrogens is 717 g/mol. The molecule has 10 nitrogen and oxygen atoms in total. The summed E-state index contributed by atoms with van der Waals surface area (Å²) in [6.45, 7) is 4.10. The molecule has 0 saturated heterocycles. The lowest BCUT2D eigenvalue weighted by atomic mass is 10.1. The predicted octanol–water partition coefficient (Wildman–Crippen LogP) is 10.4. The Morgan fingerprint density at radius 1 is 0.673 bits per heavy atom. The Morgan fingerprint density at radius 3 is 1.89 bits per heavy atom. The number of rotatable bonds is 36. The molecule has 0 heterocycles. The molecule has 0 rings (SSSR count). The number of aliphatic hydroxyl groups is 1. The van der Waals surface area contributed by atoms with Crippen LogP contribution in [0.4, 0.5) is 0 Å². The highest BCUT2D eigenvalue weighted by molar-refractivity contribution is 7.47. The van der Waals surface area contributed by atoms with E-state index in [-0.39, 0.29) is 26.1 Å². The van der Waals surface area contributed by atoms with Crippen LogP contribution in [0, 0.1) is 0 Å². The Balaban J connectivity index is 4.56. The van der Waals surface area contributed by atoms with Crippen LogP contribution >= 0.6 is 7.82 Å². The van der Waals surface area contributed by atoms with E-state index in [0.29, 0.717) is 30.3 Å². The number of carbonyl (C=O) groups excluding carboxylic acids is 2. The van der Waals surface area contributed by atoms with Crippen molar-refractivity contribution in [2.24, 2.45) is 0 Å². The number of quaternary nitrogens is 1. The first-order chi connectivity index (χ1) is 26.4. The Bertz CT molecular complexity index is 1190. The van der Waals surface area contributed by atoms with Gasteiger partial charge in [0.1, 0.15) is 19.8 Å². The molecule has 316 valence electrons. The first-order valence-electron chi connectivity index (χ1n) is 20.8. The van der Waals surface area contributed by atoms with Crippen LogP contribution in [-0.4, -0.2) is 86.1 Å². The van der Waals surface area contributed by atoms with E-state index in [1.807, 2.05) is 69.8 Å². The van der Waals surface area contributed by atoms with E-state index in [4.69, 9.17) is 18.5 Å². The van der Waals surface area contributed by atoms with E-state index < -0.39 is 38.6 Å². The lowest BCUT2D eigenvalue weighted by Crippen LogP contribution is -2.37. The molecule has 0 aromatic carbocycles. The third-order valence-electron chi connectivity index (χ3n) is 8.34. The quantitative estimate of drug-likeness (QED) is 0.0159. The Labute approximate surface area is 334 Å². The van der Waals surface area contributed by atoms with Gasteiger partial charge in [-0.15, -0.1) is 0 Å². The number of ether oxygens (including phenoxy) is 2. The van der Waals surface area contributed by atoms with Crippen molar-refractivity contribution in [3.05, 3.63) is 72.9 Å². The number of nitrogens with zero attached hydrogens (tertiary/aromatic N) is 1. The SMILES string of the molecule is CC/C=C\C/C=C\CC(O)/C=C/C=C\C/C=C\C/C=C\CCC(=O)OC[C@H](COP(=O)(O)OCC[N+](C)(C)C)OC(=O)CCCCCCCCCCCCC. The first kappa shape index (κ1) is 52.4. The van der Waals surface area contributed by atoms with Gasteiger partial charge in [-0.1, -0.05) is 151 Å². The highest BCUT2D eigenvalue weighted by Crippen LogP contribution is 2.43. The van der Waals surface area contributed by atoms with Crippen molar-refractivity contribution in [3.8, 4) is 0 Å². The van der Waals surface area contributed by atoms with Gasteiger partial charge in [0, 0.05) is 12.8 Å². The summed E-state index contributed by atoms with van der Waals surface area (Å²) in [7, 11) is 1.40. The third kappa shape index (κ3) is 39.4. The van der Waals surface area contributed by atoms with Crippen LogP contribution in [-0.2, 0) is 32.7 Å². The fraction of sp³-hybridized carbons (Fsp3) is 0.682. The van der Waals surface area contributed by atoms with Crippen LogP contribution in [0.1, 0.15) is 136 Å². The van der Waals surface area contributed by atoms with Crippen molar-refractivity contribution in [3.63, 3.8) is 0 Å². The minimum atomic E-state index is -4.40. The molecule has 0 radical (unpaired) electrons. The minimum absolute atomic E-state index is 0.00965. The number of allylic oxidation sites excluding steroid dienone is 10. The van der Waals surface area contributed by atoms with Crippen molar-refractivity contribution >= 4 is 19.8 Å². The lowest BCUT2D eigenvalue weighted by Gasteiger charge is -2.24. The molecule has 0 fully saturated rings. The summed E-state index contributed by atoms with van der Waals surface area (Å²) in [6, 6.07) is 0. The summed E-state index contributed by atoms with van der Waals surface area (Å²) in [5.41, 5.74) is 0. The van der Waals surface area contributed by atoms with Crippen LogP contribution in [0.5, 0.6) is 0 Å². The average molecular weight is 795 g/mol. The van der Waals surface area contributed by atoms with Gasteiger partial charge in [0.15, 0.2) is 6.10 Å². The standard InChI is InChI=1S/C44H76NO9P/c1-6-8-10-12-14-15-16-21-24-28-32-36-44(48)54-42(40-53-55(49,50)52-38-37-45(3,4)5)39-51-43(47)35-31-27-23-20-18-17-19-22-26-30-34-41(46)33-29-25-13-11-9-7-2/h9,11,17-18,22-23,25-27,29-30,34,41-42,46H,6-8,10,12-16,19-21,24,28,31-33,35-40H2,1-5H3/p+1/b11-9-,18-17-,26-22-,27-23-,29-25-,34-30+/t41?,42-/m1/s1. The zero-order chi connectivity index (χ0) is 40.9. The van der Waals surface area contributed by atoms with Crippen LogP contribution < -0.4 is 0 Å². The molecular formula is C44H77NO9P+.